The second-order valence-electron chi connectivity index (χ2n) is 4.19. The summed E-state index contributed by atoms with van der Waals surface area (Å²) in [6.07, 6.45) is 0. The van der Waals surface area contributed by atoms with E-state index in [2.05, 4.69) is 19.9 Å². The minimum atomic E-state index is -0.296. The molecule has 5 nitrogen and oxygen atoms in total. The number of benzene rings is 1. The minimum absolute atomic E-state index is 0.275. The Morgan fingerprint density at radius 2 is 2.05 bits per heavy atom. The number of aromatic nitrogens is 3. The zero-order valence-electron chi connectivity index (χ0n) is 10.8. The maximum Gasteiger partial charge on any atom is 0.271 e. The second kappa shape index (κ2) is 5.66. The lowest BCUT2D eigenvalue weighted by Gasteiger charge is -1.99. The Hall–Kier alpha value is -2.19. The molecule has 0 bridgehead atoms. The van der Waals surface area contributed by atoms with Gasteiger partial charge in [0.25, 0.3) is 5.91 Å². The maximum atomic E-state index is 12.9. The Labute approximate surface area is 127 Å². The normalized spacial score (nSPS) is 10.6. The summed E-state index contributed by atoms with van der Waals surface area (Å²) in [5.41, 5.74) is 2.08. The molecule has 3 rings (SSSR count). The molecule has 21 heavy (non-hydrogen) atoms. The number of hydrogen-bond acceptors (Lipinski definition) is 6. The first-order valence-electron chi connectivity index (χ1n) is 5.95. The summed E-state index contributed by atoms with van der Waals surface area (Å²) in [6, 6.07) is 6.04. The number of carbonyl (C=O) groups excluding carboxylic acids is 1. The summed E-state index contributed by atoms with van der Waals surface area (Å²) in [7, 11) is 0. The van der Waals surface area contributed by atoms with Crippen molar-refractivity contribution >= 4 is 33.9 Å². The Morgan fingerprint density at radius 1 is 1.29 bits per heavy atom. The largest absolute Gasteiger partial charge is 0.297 e. The van der Waals surface area contributed by atoms with Crippen molar-refractivity contribution in [1.29, 1.82) is 0 Å². The molecule has 1 amide bonds. The van der Waals surface area contributed by atoms with Crippen LogP contribution in [-0.4, -0.2) is 20.5 Å². The average Bonchev–Trinajstić information content (AvgIpc) is 3.09. The lowest BCUT2D eigenvalue weighted by molar-refractivity contribution is 0.103. The molecular weight excluding hydrogens is 311 g/mol. The molecule has 0 aliphatic rings. The number of amides is 1. The number of aryl methyl sites for hydroxylation is 1. The van der Waals surface area contributed by atoms with Gasteiger partial charge in [0.15, 0.2) is 5.13 Å². The lowest BCUT2D eigenvalue weighted by Crippen LogP contribution is -2.11. The summed E-state index contributed by atoms with van der Waals surface area (Å²) in [4.78, 5) is 16.8. The van der Waals surface area contributed by atoms with E-state index in [1.165, 1.54) is 23.5 Å². The zero-order chi connectivity index (χ0) is 14.8. The third-order valence-electron chi connectivity index (χ3n) is 2.72. The first kappa shape index (κ1) is 13.8. The molecule has 0 saturated heterocycles. The monoisotopic (exact) mass is 320 g/mol. The SMILES string of the molecule is Cc1nnsc1C(=O)Nc1nc(-c2ccc(F)cc2)cs1. The van der Waals surface area contributed by atoms with Crippen LogP contribution in [-0.2, 0) is 0 Å². The fraction of sp³-hybridized carbons (Fsp3) is 0.0769. The first-order valence-corrected chi connectivity index (χ1v) is 7.60. The van der Waals surface area contributed by atoms with Crippen LogP contribution < -0.4 is 5.32 Å². The molecule has 0 fully saturated rings. The van der Waals surface area contributed by atoms with E-state index < -0.39 is 0 Å². The van der Waals surface area contributed by atoms with Crippen LogP contribution >= 0.6 is 22.9 Å². The van der Waals surface area contributed by atoms with Crippen molar-refractivity contribution < 1.29 is 9.18 Å². The lowest BCUT2D eigenvalue weighted by atomic mass is 10.2. The van der Waals surface area contributed by atoms with Crippen LogP contribution in [0.2, 0.25) is 0 Å². The molecule has 0 radical (unpaired) electrons. The van der Waals surface area contributed by atoms with Crippen LogP contribution in [0.1, 0.15) is 15.4 Å². The number of carbonyl (C=O) groups is 1. The molecule has 0 aliphatic heterocycles. The Balaban J connectivity index is 1.78. The van der Waals surface area contributed by atoms with Gasteiger partial charge in [-0.05, 0) is 42.7 Å². The highest BCUT2D eigenvalue weighted by Gasteiger charge is 2.15. The summed E-state index contributed by atoms with van der Waals surface area (Å²) in [5.74, 6) is -0.571. The standard InChI is InChI=1S/C13H9FN4OS2/c1-7-11(21-18-17-7)12(19)16-13-15-10(6-20-13)8-2-4-9(14)5-3-8/h2-6H,1H3,(H,15,16,19). The molecule has 0 aliphatic carbocycles. The van der Waals surface area contributed by atoms with Gasteiger partial charge in [-0.3, -0.25) is 10.1 Å². The first-order chi connectivity index (χ1) is 10.1. The van der Waals surface area contributed by atoms with Crippen LogP contribution in [0, 0.1) is 12.7 Å². The third-order valence-corrected chi connectivity index (χ3v) is 4.31. The Bertz CT molecular complexity index is 782. The van der Waals surface area contributed by atoms with Gasteiger partial charge < -0.3 is 0 Å². The summed E-state index contributed by atoms with van der Waals surface area (Å²) >= 11 is 2.35. The van der Waals surface area contributed by atoms with Crippen LogP contribution in [0.15, 0.2) is 29.6 Å². The number of anilines is 1. The van der Waals surface area contributed by atoms with Crippen molar-refractivity contribution in [1.82, 2.24) is 14.6 Å². The highest BCUT2D eigenvalue weighted by atomic mass is 32.1. The van der Waals surface area contributed by atoms with Gasteiger partial charge in [-0.2, -0.15) is 0 Å². The topological polar surface area (TPSA) is 67.8 Å². The molecule has 0 atom stereocenters. The molecule has 106 valence electrons. The number of hydrogen-bond donors (Lipinski definition) is 1. The van der Waals surface area contributed by atoms with Crippen LogP contribution in [0.4, 0.5) is 9.52 Å². The summed E-state index contributed by atoms with van der Waals surface area (Å²) < 4.78 is 16.6. The Kier molecular flexibility index (Phi) is 3.72. The number of nitrogens with one attached hydrogen (secondary N) is 1. The van der Waals surface area contributed by atoms with E-state index >= 15 is 0 Å². The minimum Gasteiger partial charge on any atom is -0.297 e. The van der Waals surface area contributed by atoms with Crippen molar-refractivity contribution in [3.05, 3.63) is 46.0 Å². The zero-order valence-corrected chi connectivity index (χ0v) is 12.5. The highest BCUT2D eigenvalue weighted by molar-refractivity contribution is 7.14. The molecule has 1 aromatic carbocycles. The van der Waals surface area contributed by atoms with E-state index in [4.69, 9.17) is 0 Å². The predicted molar refractivity (Wildman–Crippen MR) is 80.1 cm³/mol. The van der Waals surface area contributed by atoms with E-state index in [0.29, 0.717) is 21.4 Å². The van der Waals surface area contributed by atoms with Crippen molar-refractivity contribution in [3.63, 3.8) is 0 Å². The second-order valence-corrected chi connectivity index (χ2v) is 5.80. The van der Waals surface area contributed by atoms with E-state index in [1.54, 1.807) is 24.4 Å². The summed E-state index contributed by atoms with van der Waals surface area (Å²) in [6.45, 7) is 1.73. The van der Waals surface area contributed by atoms with Crippen molar-refractivity contribution in [3.8, 4) is 11.3 Å². The van der Waals surface area contributed by atoms with Crippen molar-refractivity contribution in [2.45, 2.75) is 6.92 Å². The van der Waals surface area contributed by atoms with Crippen LogP contribution in [0.5, 0.6) is 0 Å². The van der Waals surface area contributed by atoms with Crippen LogP contribution in [0.25, 0.3) is 11.3 Å². The van der Waals surface area contributed by atoms with Gasteiger partial charge in [-0.15, -0.1) is 16.4 Å². The number of nitrogens with zero attached hydrogens (tertiary/aromatic N) is 3. The van der Waals surface area contributed by atoms with E-state index in [0.717, 1.165) is 17.1 Å². The van der Waals surface area contributed by atoms with Crippen molar-refractivity contribution in [2.75, 3.05) is 5.32 Å². The molecule has 2 heterocycles. The number of halogens is 1. The van der Waals surface area contributed by atoms with Gasteiger partial charge >= 0.3 is 0 Å². The molecular formula is C13H9FN4OS2. The van der Waals surface area contributed by atoms with E-state index in [1.807, 2.05) is 0 Å². The van der Waals surface area contributed by atoms with Crippen molar-refractivity contribution in [2.24, 2.45) is 0 Å². The average molecular weight is 320 g/mol. The molecule has 3 aromatic rings. The van der Waals surface area contributed by atoms with Gasteiger partial charge in [0, 0.05) is 10.9 Å². The quantitative estimate of drug-likeness (QED) is 0.803. The molecule has 2 aromatic heterocycles. The van der Waals surface area contributed by atoms with Gasteiger partial charge in [-0.25, -0.2) is 9.37 Å². The summed E-state index contributed by atoms with van der Waals surface area (Å²) in [5, 5.41) is 8.79. The number of thiazole rings is 1. The molecule has 0 spiro atoms. The molecule has 0 saturated carbocycles. The fourth-order valence-corrected chi connectivity index (χ4v) is 2.94. The van der Waals surface area contributed by atoms with E-state index in [9.17, 15) is 9.18 Å². The highest BCUT2D eigenvalue weighted by Crippen LogP contribution is 2.25. The molecule has 8 heteroatoms. The van der Waals surface area contributed by atoms with Gasteiger partial charge in [-0.1, -0.05) is 4.49 Å². The molecule has 1 N–H and O–H groups in total. The van der Waals surface area contributed by atoms with Gasteiger partial charge in [0.1, 0.15) is 10.7 Å². The van der Waals surface area contributed by atoms with Crippen LogP contribution in [0.3, 0.4) is 0 Å². The number of rotatable bonds is 3. The smallest absolute Gasteiger partial charge is 0.271 e. The van der Waals surface area contributed by atoms with Gasteiger partial charge in [0.05, 0.1) is 11.4 Å². The van der Waals surface area contributed by atoms with E-state index in [-0.39, 0.29) is 11.7 Å². The predicted octanol–water partition coefficient (Wildman–Crippen LogP) is 3.36. The third kappa shape index (κ3) is 2.96. The Morgan fingerprint density at radius 3 is 2.71 bits per heavy atom. The van der Waals surface area contributed by atoms with Gasteiger partial charge in [0.2, 0.25) is 0 Å². The maximum absolute atomic E-state index is 12.9. The fourth-order valence-electron chi connectivity index (χ4n) is 1.68. The molecule has 0 unspecified atom stereocenters.